The fraction of sp³-hybridized carbons (Fsp3) is 0.333. The molecule has 0 aliphatic heterocycles. The van der Waals surface area contributed by atoms with Gasteiger partial charge >= 0.3 is 0 Å². The lowest BCUT2D eigenvalue weighted by atomic mass is 10.6. The molecule has 7 nitrogen and oxygen atoms in total. The fourth-order valence-corrected chi connectivity index (χ4v) is 0.938. The molecule has 2 aromatic rings. The van der Waals surface area contributed by atoms with E-state index in [1.54, 1.807) is 4.90 Å². The van der Waals surface area contributed by atoms with Crippen LogP contribution in [-0.2, 0) is 0 Å². The smallest absolute Gasteiger partial charge is 0.245 e. The largest absolute Gasteiger partial charge is 0.380 e. The summed E-state index contributed by atoms with van der Waals surface area (Å²) in [6.07, 6.45) is 1.49. The Bertz CT molecular complexity index is 431. The van der Waals surface area contributed by atoms with Crippen molar-refractivity contribution in [3.8, 4) is 0 Å². The molecule has 0 amide bonds. The van der Waals surface area contributed by atoms with Crippen LogP contribution in [0.2, 0.25) is 0 Å². The quantitative estimate of drug-likeness (QED) is 0.614. The Morgan fingerprint density at radius 2 is 2.23 bits per heavy atom. The minimum atomic E-state index is 0.330. The van der Waals surface area contributed by atoms with Crippen LogP contribution in [0.25, 0.3) is 5.65 Å². The van der Waals surface area contributed by atoms with Crippen LogP contribution in [0.4, 0.5) is 11.8 Å². The van der Waals surface area contributed by atoms with E-state index in [9.17, 15) is 0 Å². The van der Waals surface area contributed by atoms with Crippen LogP contribution >= 0.6 is 0 Å². The van der Waals surface area contributed by atoms with Crippen LogP contribution in [-0.4, -0.2) is 38.9 Å². The van der Waals surface area contributed by atoms with Gasteiger partial charge in [0.15, 0.2) is 5.82 Å². The average Bonchev–Trinajstić information content (AvgIpc) is 2.51. The van der Waals surface area contributed by atoms with Gasteiger partial charge in [-0.05, 0) is 0 Å². The first-order chi connectivity index (χ1) is 6.18. The summed E-state index contributed by atoms with van der Waals surface area (Å²) < 4.78 is 1.50. The van der Waals surface area contributed by atoms with Gasteiger partial charge in [-0.2, -0.15) is 9.50 Å². The van der Waals surface area contributed by atoms with Gasteiger partial charge in [0.1, 0.15) is 6.33 Å². The molecule has 2 N–H and O–H groups in total. The third-order valence-electron chi connectivity index (χ3n) is 1.58. The van der Waals surface area contributed by atoms with Gasteiger partial charge in [0.05, 0.1) is 0 Å². The SMILES string of the molecule is CN(C)c1nc(N)c2nncn2n1. The molecule has 0 saturated heterocycles. The maximum atomic E-state index is 5.64. The second-order valence-electron chi connectivity index (χ2n) is 2.79. The highest BCUT2D eigenvalue weighted by molar-refractivity contribution is 5.59. The van der Waals surface area contributed by atoms with E-state index >= 15 is 0 Å². The van der Waals surface area contributed by atoms with Crippen LogP contribution < -0.4 is 10.6 Å². The number of anilines is 2. The monoisotopic (exact) mass is 179 g/mol. The van der Waals surface area contributed by atoms with Crippen molar-refractivity contribution in [1.29, 1.82) is 0 Å². The molecule has 0 bridgehead atoms. The standard InChI is InChI=1S/C6H9N7/c1-12(2)6-9-4(7)5-10-8-3-13(5)11-6/h3H,1-2H3,(H2,7,9,11). The zero-order chi connectivity index (χ0) is 9.42. The molecule has 0 radical (unpaired) electrons. The van der Waals surface area contributed by atoms with Crippen LogP contribution in [0.3, 0.4) is 0 Å². The summed E-state index contributed by atoms with van der Waals surface area (Å²) in [6.45, 7) is 0. The fourth-order valence-electron chi connectivity index (χ4n) is 0.938. The summed E-state index contributed by atoms with van der Waals surface area (Å²) in [5.41, 5.74) is 6.12. The number of hydrogen-bond donors (Lipinski definition) is 1. The van der Waals surface area contributed by atoms with Crippen molar-refractivity contribution in [2.75, 3.05) is 24.7 Å². The summed E-state index contributed by atoms with van der Waals surface area (Å²) in [5, 5.41) is 11.6. The number of nitrogens with two attached hydrogens (primary N) is 1. The van der Waals surface area contributed by atoms with Crippen LogP contribution in [0, 0.1) is 0 Å². The van der Waals surface area contributed by atoms with Gasteiger partial charge in [-0.15, -0.1) is 15.3 Å². The van der Waals surface area contributed by atoms with Gasteiger partial charge in [-0.1, -0.05) is 0 Å². The molecule has 0 atom stereocenters. The second-order valence-corrected chi connectivity index (χ2v) is 2.79. The molecule has 0 unspecified atom stereocenters. The summed E-state index contributed by atoms with van der Waals surface area (Å²) >= 11 is 0. The Morgan fingerprint density at radius 3 is 2.92 bits per heavy atom. The summed E-state index contributed by atoms with van der Waals surface area (Å²) in [6, 6.07) is 0. The third kappa shape index (κ3) is 1.13. The van der Waals surface area contributed by atoms with Gasteiger partial charge in [-0.25, -0.2) is 0 Å². The van der Waals surface area contributed by atoms with Gasteiger partial charge in [0, 0.05) is 14.1 Å². The molecule has 0 aliphatic carbocycles. The Morgan fingerprint density at radius 1 is 1.46 bits per heavy atom. The van der Waals surface area contributed by atoms with E-state index in [1.165, 1.54) is 10.8 Å². The lowest BCUT2D eigenvalue weighted by Crippen LogP contribution is -2.15. The van der Waals surface area contributed by atoms with Crippen molar-refractivity contribution < 1.29 is 0 Å². The molecule has 13 heavy (non-hydrogen) atoms. The maximum absolute atomic E-state index is 5.64. The van der Waals surface area contributed by atoms with E-state index in [0.717, 1.165) is 0 Å². The van der Waals surface area contributed by atoms with Crippen molar-refractivity contribution in [3.63, 3.8) is 0 Å². The number of aromatic nitrogens is 5. The highest BCUT2D eigenvalue weighted by Crippen LogP contribution is 2.09. The average molecular weight is 179 g/mol. The van der Waals surface area contributed by atoms with Crippen LogP contribution in [0.15, 0.2) is 6.33 Å². The van der Waals surface area contributed by atoms with E-state index in [1.807, 2.05) is 14.1 Å². The van der Waals surface area contributed by atoms with Crippen LogP contribution in [0.1, 0.15) is 0 Å². The van der Waals surface area contributed by atoms with Crippen molar-refractivity contribution in [2.45, 2.75) is 0 Å². The Labute approximate surface area is 74.2 Å². The van der Waals surface area contributed by atoms with Gasteiger partial charge in [0.25, 0.3) is 0 Å². The van der Waals surface area contributed by atoms with E-state index in [0.29, 0.717) is 17.4 Å². The molecular formula is C6H9N7. The van der Waals surface area contributed by atoms with Gasteiger partial charge < -0.3 is 10.6 Å². The van der Waals surface area contributed by atoms with Crippen molar-refractivity contribution in [1.82, 2.24) is 24.8 Å². The van der Waals surface area contributed by atoms with E-state index in [4.69, 9.17) is 5.73 Å². The predicted octanol–water partition coefficient (Wildman–Crippen LogP) is -0.833. The molecule has 68 valence electrons. The highest BCUT2D eigenvalue weighted by Gasteiger charge is 2.07. The van der Waals surface area contributed by atoms with Gasteiger partial charge in [-0.3, -0.25) is 0 Å². The number of rotatable bonds is 1. The molecule has 0 aromatic carbocycles. The Hall–Kier alpha value is -1.92. The molecule has 0 saturated carbocycles. The maximum Gasteiger partial charge on any atom is 0.245 e. The van der Waals surface area contributed by atoms with E-state index in [2.05, 4.69) is 20.3 Å². The second kappa shape index (κ2) is 2.54. The molecule has 0 aliphatic rings. The predicted molar refractivity (Wildman–Crippen MR) is 47.3 cm³/mol. The summed E-state index contributed by atoms with van der Waals surface area (Å²) in [7, 11) is 3.68. The molecular weight excluding hydrogens is 170 g/mol. The number of nitrogens with zero attached hydrogens (tertiary/aromatic N) is 6. The zero-order valence-electron chi connectivity index (χ0n) is 7.34. The highest BCUT2D eigenvalue weighted by atomic mass is 15.4. The number of hydrogen-bond acceptors (Lipinski definition) is 6. The topological polar surface area (TPSA) is 85.2 Å². The normalized spacial score (nSPS) is 10.6. The molecule has 7 heteroatoms. The van der Waals surface area contributed by atoms with Crippen molar-refractivity contribution in [3.05, 3.63) is 6.33 Å². The zero-order valence-corrected chi connectivity index (χ0v) is 7.34. The van der Waals surface area contributed by atoms with E-state index < -0.39 is 0 Å². The minimum absolute atomic E-state index is 0.330. The molecule has 2 heterocycles. The summed E-state index contributed by atoms with van der Waals surface area (Å²) in [5.74, 6) is 0.862. The molecule has 0 fully saturated rings. The first-order valence-electron chi connectivity index (χ1n) is 3.69. The minimum Gasteiger partial charge on any atom is -0.380 e. The first kappa shape index (κ1) is 7.71. The molecule has 2 aromatic heterocycles. The Kier molecular flexibility index (Phi) is 1.51. The van der Waals surface area contributed by atoms with Crippen LogP contribution in [0.5, 0.6) is 0 Å². The lowest BCUT2D eigenvalue weighted by molar-refractivity contribution is 0.861. The molecule has 0 spiro atoms. The Balaban J connectivity index is 2.70. The van der Waals surface area contributed by atoms with Gasteiger partial charge in [0.2, 0.25) is 11.6 Å². The third-order valence-corrected chi connectivity index (χ3v) is 1.58. The number of fused-ring (bicyclic) bond motifs is 1. The van der Waals surface area contributed by atoms with E-state index in [-0.39, 0.29) is 0 Å². The lowest BCUT2D eigenvalue weighted by Gasteiger charge is -2.09. The number of nitrogen functional groups attached to an aromatic ring is 1. The first-order valence-corrected chi connectivity index (χ1v) is 3.69. The van der Waals surface area contributed by atoms with Crippen molar-refractivity contribution in [2.24, 2.45) is 0 Å². The van der Waals surface area contributed by atoms with Crippen molar-refractivity contribution >= 4 is 17.4 Å². The molecule has 2 rings (SSSR count). The summed E-state index contributed by atoms with van der Waals surface area (Å²) in [4.78, 5) is 5.80.